The maximum atomic E-state index is 13.1. The lowest BCUT2D eigenvalue weighted by Gasteiger charge is -2.01. The molecule has 2 rings (SSSR count). The van der Waals surface area contributed by atoms with Crippen LogP contribution in [0, 0.1) is 5.82 Å². The van der Waals surface area contributed by atoms with Gasteiger partial charge in [-0.3, -0.25) is 0 Å². The van der Waals surface area contributed by atoms with E-state index in [4.69, 9.17) is 5.73 Å². The van der Waals surface area contributed by atoms with Crippen molar-refractivity contribution in [3.63, 3.8) is 0 Å². The molecule has 18 heavy (non-hydrogen) atoms. The maximum absolute atomic E-state index is 13.1. The van der Waals surface area contributed by atoms with Crippen molar-refractivity contribution in [3.8, 4) is 0 Å². The van der Waals surface area contributed by atoms with Crippen LogP contribution < -0.4 is 5.73 Å². The van der Waals surface area contributed by atoms with Crippen molar-refractivity contribution in [2.45, 2.75) is 0 Å². The highest BCUT2D eigenvalue weighted by molar-refractivity contribution is 9.10. The Hall–Kier alpha value is -0.990. The van der Waals surface area contributed by atoms with Gasteiger partial charge in [0.2, 0.25) is 0 Å². The van der Waals surface area contributed by atoms with Crippen LogP contribution in [0.25, 0.3) is 0 Å². The highest BCUT2D eigenvalue weighted by Gasteiger charge is 2.11. The van der Waals surface area contributed by atoms with Crippen LogP contribution in [0.1, 0.15) is 5.69 Å². The molecule has 1 heterocycles. The number of hydrogen-bond donors (Lipinski definition) is 1. The fourth-order valence-corrected chi connectivity index (χ4v) is 2.65. The monoisotopic (exact) mass is 346 g/mol. The van der Waals surface area contributed by atoms with Crippen molar-refractivity contribution >= 4 is 56.0 Å². The van der Waals surface area contributed by atoms with Crippen molar-refractivity contribution in [1.82, 2.24) is 8.75 Å². The Morgan fingerprint density at radius 1 is 1.50 bits per heavy atom. The van der Waals surface area contributed by atoms with Crippen LogP contribution in [0.15, 0.2) is 27.7 Å². The second-order valence-corrected chi connectivity index (χ2v) is 5.40. The first-order valence-corrected chi connectivity index (χ1v) is 7.52. The molecule has 0 atom stereocenters. The Bertz CT molecular complexity index is 599. The maximum Gasteiger partial charge on any atom is 0.167 e. The van der Waals surface area contributed by atoms with E-state index in [1.54, 1.807) is 12.1 Å². The molecule has 0 aliphatic rings. The van der Waals surface area contributed by atoms with E-state index in [0.29, 0.717) is 26.7 Å². The van der Waals surface area contributed by atoms with Crippen LogP contribution in [0.2, 0.25) is 0 Å². The van der Waals surface area contributed by atoms with E-state index >= 15 is 0 Å². The highest BCUT2D eigenvalue weighted by Crippen LogP contribution is 2.25. The van der Waals surface area contributed by atoms with E-state index in [1.165, 1.54) is 17.8 Å². The van der Waals surface area contributed by atoms with Crippen LogP contribution in [-0.4, -0.2) is 20.0 Å². The molecule has 0 aliphatic heterocycles. The van der Waals surface area contributed by atoms with Gasteiger partial charge in [0.15, 0.2) is 11.5 Å². The van der Waals surface area contributed by atoms with E-state index in [9.17, 15) is 4.39 Å². The molecular weight excluding hydrogens is 339 g/mol. The largest absolute Gasteiger partial charge is 0.381 e. The van der Waals surface area contributed by atoms with Gasteiger partial charge in [-0.05, 0) is 40.4 Å². The average Bonchev–Trinajstić information content (AvgIpc) is 2.77. The van der Waals surface area contributed by atoms with Gasteiger partial charge in [-0.2, -0.15) is 8.75 Å². The molecule has 0 unspecified atom stereocenters. The highest BCUT2D eigenvalue weighted by atomic mass is 79.9. The second-order valence-electron chi connectivity index (χ2n) is 3.22. The topological polar surface area (TPSA) is 64.2 Å². The summed E-state index contributed by atoms with van der Waals surface area (Å²) in [6.45, 7) is 0. The number of thioether (sulfide) groups is 1. The van der Waals surface area contributed by atoms with Crippen molar-refractivity contribution in [3.05, 3.63) is 34.2 Å². The molecule has 0 bridgehead atoms. The Kier molecular flexibility index (Phi) is 4.31. The molecule has 94 valence electrons. The zero-order valence-corrected chi connectivity index (χ0v) is 12.4. The van der Waals surface area contributed by atoms with Crippen LogP contribution in [-0.2, 0) is 0 Å². The van der Waals surface area contributed by atoms with Gasteiger partial charge in [0, 0.05) is 0 Å². The van der Waals surface area contributed by atoms with Gasteiger partial charge >= 0.3 is 0 Å². The Morgan fingerprint density at radius 3 is 2.83 bits per heavy atom. The molecule has 0 radical (unpaired) electrons. The minimum atomic E-state index is -0.325. The fraction of sp³-hybridized carbons (Fsp3) is 0.100. The third-order valence-electron chi connectivity index (χ3n) is 2.04. The molecule has 1 aromatic carbocycles. The molecule has 0 spiro atoms. The van der Waals surface area contributed by atoms with Crippen molar-refractivity contribution in [1.29, 1.82) is 0 Å². The minimum absolute atomic E-state index is 0.325. The molecule has 0 saturated carbocycles. The number of nitrogens with two attached hydrogens (primary N) is 1. The number of aliphatic imine (C=N–C) groups is 1. The van der Waals surface area contributed by atoms with Crippen LogP contribution >= 0.6 is 39.4 Å². The van der Waals surface area contributed by atoms with E-state index in [1.807, 2.05) is 6.26 Å². The molecule has 2 aromatic rings. The smallest absolute Gasteiger partial charge is 0.167 e. The lowest BCUT2D eigenvalue weighted by Crippen LogP contribution is -2.00. The third kappa shape index (κ3) is 2.88. The SMILES string of the molecule is CS/C(=N/c1ccc(F)c(Br)c1)c1nsnc1N. The third-order valence-corrected chi connectivity index (χ3v) is 3.87. The van der Waals surface area contributed by atoms with Crippen molar-refractivity contribution in [2.24, 2.45) is 4.99 Å². The average molecular weight is 347 g/mol. The first-order chi connectivity index (χ1) is 8.61. The quantitative estimate of drug-likeness (QED) is 0.667. The molecule has 1 aromatic heterocycles. The molecule has 0 amide bonds. The number of rotatable bonds is 2. The summed E-state index contributed by atoms with van der Waals surface area (Å²) in [7, 11) is 0. The summed E-state index contributed by atoms with van der Waals surface area (Å²) in [6.07, 6.45) is 1.87. The summed E-state index contributed by atoms with van der Waals surface area (Å²) in [4.78, 5) is 4.39. The Labute approximate surface area is 120 Å². The van der Waals surface area contributed by atoms with E-state index in [2.05, 4.69) is 29.7 Å². The number of nitrogens with zero attached hydrogens (tertiary/aromatic N) is 3. The zero-order valence-electron chi connectivity index (χ0n) is 9.22. The molecule has 8 heteroatoms. The van der Waals surface area contributed by atoms with Crippen molar-refractivity contribution < 1.29 is 4.39 Å². The van der Waals surface area contributed by atoms with Gasteiger partial charge in [0.25, 0.3) is 0 Å². The second kappa shape index (κ2) is 5.77. The summed E-state index contributed by atoms with van der Waals surface area (Å²) in [5.41, 5.74) is 6.89. The van der Waals surface area contributed by atoms with Gasteiger partial charge in [-0.1, -0.05) is 0 Å². The summed E-state index contributed by atoms with van der Waals surface area (Å²) in [5, 5.41) is 0.653. The first kappa shape index (κ1) is 13.4. The standard InChI is InChI=1S/C10H8BrFN4S2/c1-17-10(8-9(13)16-18-15-8)14-5-2-3-7(12)6(11)4-5/h2-4H,1H3,(H2,13,16)/b14-10+. The van der Waals surface area contributed by atoms with Gasteiger partial charge in [0.1, 0.15) is 10.9 Å². The van der Waals surface area contributed by atoms with Crippen LogP contribution in [0.3, 0.4) is 0 Å². The number of benzene rings is 1. The summed E-state index contributed by atoms with van der Waals surface area (Å²) < 4.78 is 21.5. The van der Waals surface area contributed by atoms with Crippen molar-refractivity contribution in [2.75, 3.05) is 12.0 Å². The van der Waals surface area contributed by atoms with Crippen LogP contribution in [0.5, 0.6) is 0 Å². The lowest BCUT2D eigenvalue weighted by atomic mass is 10.3. The minimum Gasteiger partial charge on any atom is -0.381 e. The van der Waals surface area contributed by atoms with E-state index in [-0.39, 0.29) is 5.82 Å². The number of nitrogen functional groups attached to an aromatic ring is 1. The Balaban J connectivity index is 2.41. The number of aromatic nitrogens is 2. The Morgan fingerprint density at radius 2 is 2.28 bits per heavy atom. The first-order valence-electron chi connectivity index (χ1n) is 4.78. The van der Waals surface area contributed by atoms with Gasteiger partial charge in [-0.25, -0.2) is 9.38 Å². The van der Waals surface area contributed by atoms with E-state index in [0.717, 1.165) is 11.7 Å². The number of hydrogen-bond acceptors (Lipinski definition) is 6. The number of halogens is 2. The van der Waals surface area contributed by atoms with Crippen LogP contribution in [0.4, 0.5) is 15.9 Å². The summed E-state index contributed by atoms with van der Waals surface area (Å²) in [5.74, 6) is 0.0313. The molecular formula is C10H8BrFN4S2. The number of anilines is 1. The lowest BCUT2D eigenvalue weighted by molar-refractivity contribution is 0.621. The van der Waals surface area contributed by atoms with E-state index < -0.39 is 0 Å². The molecule has 0 saturated heterocycles. The predicted octanol–water partition coefficient (Wildman–Crippen LogP) is 3.46. The predicted molar refractivity (Wildman–Crippen MR) is 78.1 cm³/mol. The van der Waals surface area contributed by atoms with Gasteiger partial charge in [-0.15, -0.1) is 11.8 Å². The summed E-state index contributed by atoms with van der Waals surface area (Å²) in [6, 6.07) is 4.54. The molecule has 0 fully saturated rings. The summed E-state index contributed by atoms with van der Waals surface area (Å²) >= 11 is 5.57. The molecule has 4 nitrogen and oxygen atoms in total. The normalized spacial score (nSPS) is 11.8. The molecule has 2 N–H and O–H groups in total. The fourth-order valence-electron chi connectivity index (χ4n) is 1.21. The van der Waals surface area contributed by atoms with Gasteiger partial charge in [0.05, 0.1) is 21.9 Å². The zero-order chi connectivity index (χ0) is 13.1. The molecule has 0 aliphatic carbocycles. The van der Waals surface area contributed by atoms with Gasteiger partial charge < -0.3 is 5.73 Å².